The predicted molar refractivity (Wildman–Crippen MR) is 101 cm³/mol. The number of nitrogens with one attached hydrogen (secondary N) is 1. The van der Waals surface area contributed by atoms with E-state index >= 15 is 0 Å². The molecule has 5 rings (SSSR count). The Hall–Kier alpha value is -3.06. The quantitative estimate of drug-likeness (QED) is 0.589. The fourth-order valence-electron chi connectivity index (χ4n) is 3.56. The zero-order valence-corrected chi connectivity index (χ0v) is 14.9. The van der Waals surface area contributed by atoms with E-state index in [1.807, 2.05) is 41.0 Å². The van der Waals surface area contributed by atoms with E-state index in [0.29, 0.717) is 17.6 Å². The average Bonchev–Trinajstić information content (AvgIpc) is 3.47. The Labute approximate surface area is 156 Å². The van der Waals surface area contributed by atoms with Crippen LogP contribution in [0.5, 0.6) is 0 Å². The molecular formula is C20H20N6O. The van der Waals surface area contributed by atoms with Gasteiger partial charge in [-0.2, -0.15) is 4.98 Å². The SMILES string of the molecule is c1ccc2c(c1)ncn2-c1ccc(-c2noc(CCC3CCNC3)n2)cn1. The van der Waals surface area contributed by atoms with Crippen LogP contribution in [0.1, 0.15) is 18.7 Å². The number of imidazole rings is 1. The van der Waals surface area contributed by atoms with Crippen molar-refractivity contribution in [3.05, 3.63) is 54.8 Å². The largest absolute Gasteiger partial charge is 0.339 e. The lowest BCUT2D eigenvalue weighted by molar-refractivity contribution is 0.365. The molecule has 0 radical (unpaired) electrons. The standard InChI is InChI=1S/C20H20N6O/c1-2-4-17-16(3-1)23-13-26(17)18-7-6-15(12-22-18)20-24-19(27-25-20)8-5-14-9-10-21-11-14/h1-4,6-7,12-14,21H,5,8-11H2. The smallest absolute Gasteiger partial charge is 0.226 e. The highest BCUT2D eigenvalue weighted by atomic mass is 16.5. The molecule has 0 saturated carbocycles. The summed E-state index contributed by atoms with van der Waals surface area (Å²) in [7, 11) is 0. The number of para-hydroxylation sites is 2. The molecule has 1 aliphatic heterocycles. The van der Waals surface area contributed by atoms with Gasteiger partial charge in [0.25, 0.3) is 0 Å². The van der Waals surface area contributed by atoms with Gasteiger partial charge in [0.1, 0.15) is 12.1 Å². The van der Waals surface area contributed by atoms with Gasteiger partial charge in [-0.05, 0) is 56.1 Å². The van der Waals surface area contributed by atoms with E-state index in [1.54, 1.807) is 12.5 Å². The summed E-state index contributed by atoms with van der Waals surface area (Å²) in [6, 6.07) is 11.9. The molecule has 4 heterocycles. The zero-order valence-electron chi connectivity index (χ0n) is 14.9. The molecule has 1 aromatic carbocycles. The van der Waals surface area contributed by atoms with Crippen LogP contribution in [-0.2, 0) is 6.42 Å². The van der Waals surface area contributed by atoms with Gasteiger partial charge in [-0.25, -0.2) is 9.97 Å². The third-order valence-corrected chi connectivity index (χ3v) is 5.10. The highest BCUT2D eigenvalue weighted by molar-refractivity contribution is 5.76. The van der Waals surface area contributed by atoms with Gasteiger partial charge >= 0.3 is 0 Å². The van der Waals surface area contributed by atoms with E-state index in [9.17, 15) is 0 Å². The maximum Gasteiger partial charge on any atom is 0.226 e. The zero-order chi connectivity index (χ0) is 18.1. The predicted octanol–water partition coefficient (Wildman–Crippen LogP) is 3.01. The van der Waals surface area contributed by atoms with Gasteiger partial charge < -0.3 is 9.84 Å². The molecule has 0 amide bonds. The number of hydrogen-bond donors (Lipinski definition) is 1. The topological polar surface area (TPSA) is 81.7 Å². The van der Waals surface area contributed by atoms with Gasteiger partial charge in [0.2, 0.25) is 11.7 Å². The maximum atomic E-state index is 5.41. The lowest BCUT2D eigenvalue weighted by atomic mass is 10.0. The van der Waals surface area contributed by atoms with Crippen LogP contribution in [0.15, 0.2) is 53.4 Å². The van der Waals surface area contributed by atoms with E-state index in [0.717, 1.165) is 48.3 Å². The molecule has 7 heteroatoms. The van der Waals surface area contributed by atoms with E-state index < -0.39 is 0 Å². The van der Waals surface area contributed by atoms with Gasteiger partial charge in [0, 0.05) is 18.2 Å². The van der Waals surface area contributed by atoms with Crippen LogP contribution in [0.3, 0.4) is 0 Å². The van der Waals surface area contributed by atoms with Crippen molar-refractivity contribution in [2.24, 2.45) is 5.92 Å². The molecule has 7 nitrogen and oxygen atoms in total. The molecular weight excluding hydrogens is 340 g/mol. The number of aryl methyl sites for hydroxylation is 1. The first-order valence-corrected chi connectivity index (χ1v) is 9.29. The number of nitrogens with zero attached hydrogens (tertiary/aromatic N) is 5. The Morgan fingerprint density at radius 3 is 2.96 bits per heavy atom. The lowest BCUT2D eigenvalue weighted by Gasteiger charge is -2.04. The molecule has 1 unspecified atom stereocenters. The molecule has 0 bridgehead atoms. The van der Waals surface area contributed by atoms with Crippen molar-refractivity contribution in [1.82, 2.24) is 30.0 Å². The number of aromatic nitrogens is 5. The summed E-state index contributed by atoms with van der Waals surface area (Å²) in [5.74, 6) is 2.81. The van der Waals surface area contributed by atoms with Crippen LogP contribution in [0.25, 0.3) is 28.2 Å². The molecule has 3 aromatic heterocycles. The molecule has 0 aliphatic carbocycles. The van der Waals surface area contributed by atoms with Gasteiger partial charge in [0.05, 0.1) is 11.0 Å². The van der Waals surface area contributed by atoms with Crippen molar-refractivity contribution >= 4 is 11.0 Å². The van der Waals surface area contributed by atoms with Crippen molar-refractivity contribution in [2.75, 3.05) is 13.1 Å². The first-order valence-electron chi connectivity index (χ1n) is 9.29. The van der Waals surface area contributed by atoms with Crippen molar-refractivity contribution in [1.29, 1.82) is 0 Å². The third-order valence-electron chi connectivity index (χ3n) is 5.10. The summed E-state index contributed by atoms with van der Waals surface area (Å²) in [6.07, 6.45) is 6.71. The van der Waals surface area contributed by atoms with Crippen molar-refractivity contribution in [3.63, 3.8) is 0 Å². The van der Waals surface area contributed by atoms with E-state index in [4.69, 9.17) is 4.52 Å². The second kappa shape index (κ2) is 6.92. The summed E-state index contributed by atoms with van der Waals surface area (Å²) in [5.41, 5.74) is 2.82. The van der Waals surface area contributed by atoms with Crippen LogP contribution < -0.4 is 5.32 Å². The Balaban J connectivity index is 1.33. The normalized spacial score (nSPS) is 17.0. The summed E-state index contributed by atoms with van der Waals surface area (Å²) in [6.45, 7) is 2.21. The molecule has 1 aliphatic rings. The van der Waals surface area contributed by atoms with Crippen molar-refractivity contribution < 1.29 is 4.52 Å². The van der Waals surface area contributed by atoms with Crippen LogP contribution in [0.4, 0.5) is 0 Å². The molecule has 0 spiro atoms. The minimum Gasteiger partial charge on any atom is -0.339 e. The second-order valence-corrected chi connectivity index (χ2v) is 6.92. The Bertz CT molecular complexity index is 1050. The van der Waals surface area contributed by atoms with Crippen LogP contribution in [-0.4, -0.2) is 37.8 Å². The summed E-state index contributed by atoms with van der Waals surface area (Å²) in [5, 5.41) is 7.50. The number of fused-ring (bicyclic) bond motifs is 1. The van der Waals surface area contributed by atoms with Crippen LogP contribution in [0, 0.1) is 5.92 Å². The van der Waals surface area contributed by atoms with E-state index in [-0.39, 0.29) is 0 Å². The van der Waals surface area contributed by atoms with Crippen molar-refractivity contribution in [3.8, 4) is 17.2 Å². The lowest BCUT2D eigenvalue weighted by Crippen LogP contribution is -2.09. The molecule has 1 fully saturated rings. The van der Waals surface area contributed by atoms with Crippen LogP contribution in [0.2, 0.25) is 0 Å². The molecule has 27 heavy (non-hydrogen) atoms. The van der Waals surface area contributed by atoms with Crippen molar-refractivity contribution in [2.45, 2.75) is 19.3 Å². The Kier molecular flexibility index (Phi) is 4.14. The first kappa shape index (κ1) is 16.1. The molecule has 4 aromatic rings. The molecule has 1 atom stereocenters. The third kappa shape index (κ3) is 3.21. The Morgan fingerprint density at radius 1 is 1.15 bits per heavy atom. The number of rotatable bonds is 5. The first-order chi connectivity index (χ1) is 13.4. The minimum atomic E-state index is 0.587. The van der Waals surface area contributed by atoms with E-state index in [1.165, 1.54) is 6.42 Å². The van der Waals surface area contributed by atoms with Gasteiger partial charge in [0.15, 0.2) is 0 Å². The fraction of sp³-hybridized carbons (Fsp3) is 0.300. The van der Waals surface area contributed by atoms with Gasteiger partial charge in [-0.3, -0.25) is 4.57 Å². The number of benzene rings is 1. The summed E-state index contributed by atoms with van der Waals surface area (Å²) >= 11 is 0. The average molecular weight is 360 g/mol. The second-order valence-electron chi connectivity index (χ2n) is 6.92. The number of hydrogen-bond acceptors (Lipinski definition) is 6. The summed E-state index contributed by atoms with van der Waals surface area (Å²) in [4.78, 5) is 13.5. The van der Waals surface area contributed by atoms with E-state index in [2.05, 4.69) is 25.4 Å². The highest BCUT2D eigenvalue weighted by Gasteiger charge is 2.16. The van der Waals surface area contributed by atoms with Crippen LogP contribution >= 0.6 is 0 Å². The molecule has 1 saturated heterocycles. The fourth-order valence-corrected chi connectivity index (χ4v) is 3.56. The highest BCUT2D eigenvalue weighted by Crippen LogP contribution is 2.21. The monoisotopic (exact) mass is 360 g/mol. The molecule has 1 N–H and O–H groups in total. The number of pyridine rings is 1. The maximum absolute atomic E-state index is 5.41. The summed E-state index contributed by atoms with van der Waals surface area (Å²) < 4.78 is 7.38. The van der Waals surface area contributed by atoms with Gasteiger partial charge in [-0.1, -0.05) is 17.3 Å². The molecule has 136 valence electrons. The van der Waals surface area contributed by atoms with Gasteiger partial charge in [-0.15, -0.1) is 0 Å². The Morgan fingerprint density at radius 2 is 2.11 bits per heavy atom. The minimum absolute atomic E-state index is 0.587.